The van der Waals surface area contributed by atoms with Crippen LogP contribution in [0.3, 0.4) is 0 Å². The molecule has 0 unspecified atom stereocenters. The molecule has 1 saturated carbocycles. The molecule has 0 radical (unpaired) electrons. The topological polar surface area (TPSA) is 21.3 Å². The van der Waals surface area contributed by atoms with E-state index in [9.17, 15) is 0 Å². The van der Waals surface area contributed by atoms with Gasteiger partial charge in [0.15, 0.2) is 0 Å². The molecule has 118 valence electrons. The molecular formula is C18H35NO. The molecule has 0 amide bonds. The number of morpholine rings is 1. The van der Waals surface area contributed by atoms with E-state index in [1.165, 1.54) is 70.6 Å². The minimum absolute atomic E-state index is 0.0712. The summed E-state index contributed by atoms with van der Waals surface area (Å²) >= 11 is 0. The van der Waals surface area contributed by atoms with Crippen molar-refractivity contribution in [1.29, 1.82) is 0 Å². The van der Waals surface area contributed by atoms with Crippen LogP contribution in [0.5, 0.6) is 0 Å². The lowest BCUT2D eigenvalue weighted by Gasteiger charge is -2.44. The Kier molecular flexibility index (Phi) is 6.83. The quantitative estimate of drug-likeness (QED) is 0.754. The van der Waals surface area contributed by atoms with E-state index in [4.69, 9.17) is 4.74 Å². The predicted molar refractivity (Wildman–Crippen MR) is 86.1 cm³/mol. The van der Waals surface area contributed by atoms with Gasteiger partial charge in [-0.2, -0.15) is 0 Å². The lowest BCUT2D eigenvalue weighted by molar-refractivity contribution is -0.134. The van der Waals surface area contributed by atoms with Gasteiger partial charge in [-0.3, -0.25) is 0 Å². The minimum Gasteiger partial charge on any atom is -0.369 e. The Labute approximate surface area is 126 Å². The van der Waals surface area contributed by atoms with E-state index >= 15 is 0 Å². The van der Waals surface area contributed by atoms with Gasteiger partial charge in [0.1, 0.15) is 0 Å². The molecule has 2 atom stereocenters. The zero-order valence-electron chi connectivity index (χ0n) is 13.8. The number of rotatable bonds is 1. The fourth-order valence-electron chi connectivity index (χ4n) is 4.08. The van der Waals surface area contributed by atoms with E-state index < -0.39 is 0 Å². The molecular weight excluding hydrogens is 246 g/mol. The van der Waals surface area contributed by atoms with Crippen molar-refractivity contribution in [3.05, 3.63) is 0 Å². The molecule has 2 heteroatoms. The van der Waals surface area contributed by atoms with Gasteiger partial charge in [-0.15, -0.1) is 0 Å². The zero-order valence-corrected chi connectivity index (χ0v) is 13.8. The van der Waals surface area contributed by atoms with Crippen LogP contribution in [0.25, 0.3) is 0 Å². The van der Waals surface area contributed by atoms with Gasteiger partial charge >= 0.3 is 0 Å². The van der Waals surface area contributed by atoms with Gasteiger partial charge in [-0.05, 0) is 32.6 Å². The summed E-state index contributed by atoms with van der Waals surface area (Å²) < 4.78 is 6.38. The van der Waals surface area contributed by atoms with Gasteiger partial charge in [0.05, 0.1) is 11.7 Å². The maximum atomic E-state index is 6.38. The SMILES string of the molecule is C[C@@H]1CNC[C@](C)(C2CCCCCCCCCCC2)O1. The van der Waals surface area contributed by atoms with Gasteiger partial charge in [0.2, 0.25) is 0 Å². The Bertz CT molecular complexity index is 256. The Morgan fingerprint density at radius 3 is 1.85 bits per heavy atom. The second-order valence-electron chi connectivity index (χ2n) is 7.33. The molecule has 1 aliphatic heterocycles. The third-order valence-corrected chi connectivity index (χ3v) is 5.35. The van der Waals surface area contributed by atoms with Crippen molar-refractivity contribution in [2.75, 3.05) is 13.1 Å². The summed E-state index contributed by atoms with van der Waals surface area (Å²) in [6, 6.07) is 0. The summed E-state index contributed by atoms with van der Waals surface area (Å²) in [7, 11) is 0. The highest BCUT2D eigenvalue weighted by atomic mass is 16.5. The normalized spacial score (nSPS) is 36.0. The van der Waals surface area contributed by atoms with E-state index in [1.807, 2.05) is 0 Å². The zero-order chi connectivity index (χ0) is 14.3. The molecule has 0 aromatic rings. The maximum Gasteiger partial charge on any atom is 0.0810 e. The van der Waals surface area contributed by atoms with Crippen LogP contribution in [-0.2, 0) is 4.74 Å². The van der Waals surface area contributed by atoms with E-state index in [1.54, 1.807) is 0 Å². The Morgan fingerprint density at radius 2 is 1.35 bits per heavy atom. The summed E-state index contributed by atoms with van der Waals surface area (Å²) in [6.07, 6.45) is 16.0. The first kappa shape index (κ1) is 16.3. The molecule has 2 fully saturated rings. The summed E-state index contributed by atoms with van der Waals surface area (Å²) in [5.41, 5.74) is 0.0712. The molecule has 2 nitrogen and oxygen atoms in total. The lowest BCUT2D eigenvalue weighted by Crippen LogP contribution is -2.55. The number of hydrogen-bond acceptors (Lipinski definition) is 2. The molecule has 1 aliphatic carbocycles. The van der Waals surface area contributed by atoms with Crippen molar-refractivity contribution < 1.29 is 4.74 Å². The summed E-state index contributed by atoms with van der Waals surface area (Å²) in [5.74, 6) is 0.747. The summed E-state index contributed by atoms with van der Waals surface area (Å²) in [6.45, 7) is 6.62. The largest absolute Gasteiger partial charge is 0.369 e. The van der Waals surface area contributed by atoms with Crippen LogP contribution < -0.4 is 5.32 Å². The number of nitrogens with one attached hydrogen (secondary N) is 1. The van der Waals surface area contributed by atoms with Crippen molar-refractivity contribution in [2.45, 2.75) is 96.2 Å². The number of ether oxygens (including phenoxy) is 1. The van der Waals surface area contributed by atoms with Crippen molar-refractivity contribution in [1.82, 2.24) is 5.32 Å². The van der Waals surface area contributed by atoms with Crippen LogP contribution in [-0.4, -0.2) is 24.8 Å². The molecule has 2 rings (SSSR count). The Hall–Kier alpha value is -0.0800. The van der Waals surface area contributed by atoms with Crippen LogP contribution in [0.4, 0.5) is 0 Å². The van der Waals surface area contributed by atoms with Crippen LogP contribution in [0, 0.1) is 5.92 Å². The predicted octanol–water partition coefficient (Wildman–Crippen LogP) is 4.67. The molecule has 0 bridgehead atoms. The monoisotopic (exact) mass is 281 g/mol. The number of hydrogen-bond donors (Lipinski definition) is 1. The smallest absolute Gasteiger partial charge is 0.0810 e. The molecule has 0 aromatic carbocycles. The van der Waals surface area contributed by atoms with E-state index in [-0.39, 0.29) is 5.60 Å². The fraction of sp³-hybridized carbons (Fsp3) is 1.00. The summed E-state index contributed by atoms with van der Waals surface area (Å²) in [4.78, 5) is 0. The molecule has 20 heavy (non-hydrogen) atoms. The Morgan fingerprint density at radius 1 is 0.850 bits per heavy atom. The second kappa shape index (κ2) is 8.38. The first-order valence-corrected chi connectivity index (χ1v) is 9.09. The van der Waals surface area contributed by atoms with E-state index in [0.29, 0.717) is 6.10 Å². The molecule has 0 spiro atoms. The molecule has 2 aliphatic rings. The van der Waals surface area contributed by atoms with E-state index in [0.717, 1.165) is 19.0 Å². The third-order valence-electron chi connectivity index (χ3n) is 5.35. The summed E-state index contributed by atoms with van der Waals surface area (Å²) in [5, 5.41) is 3.58. The first-order chi connectivity index (χ1) is 9.71. The van der Waals surface area contributed by atoms with Gasteiger partial charge < -0.3 is 10.1 Å². The average Bonchev–Trinajstić information content (AvgIpc) is 2.38. The van der Waals surface area contributed by atoms with Crippen molar-refractivity contribution >= 4 is 0 Å². The lowest BCUT2D eigenvalue weighted by atomic mass is 9.79. The van der Waals surface area contributed by atoms with Crippen LogP contribution in [0.2, 0.25) is 0 Å². The molecule has 0 aromatic heterocycles. The maximum absolute atomic E-state index is 6.38. The van der Waals surface area contributed by atoms with Crippen molar-refractivity contribution in [3.8, 4) is 0 Å². The van der Waals surface area contributed by atoms with Gasteiger partial charge in [-0.1, -0.05) is 57.8 Å². The van der Waals surface area contributed by atoms with E-state index in [2.05, 4.69) is 19.2 Å². The molecule has 1 heterocycles. The molecule has 1 saturated heterocycles. The van der Waals surface area contributed by atoms with Crippen molar-refractivity contribution in [3.63, 3.8) is 0 Å². The van der Waals surface area contributed by atoms with Crippen LogP contribution in [0.1, 0.15) is 84.5 Å². The highest BCUT2D eigenvalue weighted by Crippen LogP contribution is 2.34. The highest BCUT2D eigenvalue weighted by Gasteiger charge is 2.38. The second-order valence-corrected chi connectivity index (χ2v) is 7.33. The average molecular weight is 281 g/mol. The fourth-order valence-corrected chi connectivity index (χ4v) is 4.08. The Balaban J connectivity index is 1.90. The van der Waals surface area contributed by atoms with Crippen LogP contribution >= 0.6 is 0 Å². The van der Waals surface area contributed by atoms with Gasteiger partial charge in [0.25, 0.3) is 0 Å². The minimum atomic E-state index is 0.0712. The first-order valence-electron chi connectivity index (χ1n) is 9.09. The van der Waals surface area contributed by atoms with Crippen molar-refractivity contribution in [2.24, 2.45) is 5.92 Å². The van der Waals surface area contributed by atoms with Gasteiger partial charge in [-0.25, -0.2) is 0 Å². The van der Waals surface area contributed by atoms with Gasteiger partial charge in [0, 0.05) is 13.1 Å². The van der Waals surface area contributed by atoms with Crippen LogP contribution in [0.15, 0.2) is 0 Å². The standard InChI is InChI=1S/C18H35NO/c1-16-14-19-15-18(2,20-16)17-12-10-8-6-4-3-5-7-9-11-13-17/h16-17,19H,3-15H2,1-2H3/t16-,18-/m1/s1. The highest BCUT2D eigenvalue weighted by molar-refractivity contribution is 4.90. The molecule has 1 N–H and O–H groups in total. The third kappa shape index (κ3) is 5.04.